The zero-order valence-electron chi connectivity index (χ0n) is 13.4. The Labute approximate surface area is 135 Å². The Morgan fingerprint density at radius 2 is 2.35 bits per heavy atom. The summed E-state index contributed by atoms with van der Waals surface area (Å²) in [6.45, 7) is 1.13. The molecule has 0 radical (unpaired) electrons. The molecule has 122 valence electrons. The Kier molecular flexibility index (Phi) is 4.62. The number of aryl methyl sites for hydroxylation is 2. The van der Waals surface area contributed by atoms with Crippen LogP contribution in [0.4, 0.5) is 0 Å². The number of benzene rings is 1. The molecule has 6 nitrogen and oxygen atoms in total. The minimum absolute atomic E-state index is 0.123. The molecule has 0 bridgehead atoms. The number of rotatable bonds is 5. The highest BCUT2D eigenvalue weighted by molar-refractivity contribution is 5.94. The molecule has 1 aromatic carbocycles. The van der Waals surface area contributed by atoms with Gasteiger partial charge >= 0.3 is 0 Å². The summed E-state index contributed by atoms with van der Waals surface area (Å²) in [5, 5.41) is 7.17. The summed E-state index contributed by atoms with van der Waals surface area (Å²) >= 11 is 0. The lowest BCUT2D eigenvalue weighted by Crippen LogP contribution is -2.32. The number of amides is 1. The number of methoxy groups -OCH3 is 1. The molecule has 6 heteroatoms. The molecule has 0 saturated heterocycles. The van der Waals surface area contributed by atoms with Gasteiger partial charge in [-0.25, -0.2) is 0 Å². The maximum absolute atomic E-state index is 12.6. The topological polar surface area (TPSA) is 65.4 Å². The second kappa shape index (κ2) is 6.83. The van der Waals surface area contributed by atoms with Gasteiger partial charge < -0.3 is 14.8 Å². The van der Waals surface area contributed by atoms with Gasteiger partial charge in [-0.15, -0.1) is 0 Å². The lowest BCUT2D eigenvalue weighted by molar-refractivity contribution is 0.0892. The summed E-state index contributed by atoms with van der Waals surface area (Å²) in [6.07, 6.45) is 3.64. The first-order chi connectivity index (χ1) is 11.2. The van der Waals surface area contributed by atoms with Crippen molar-refractivity contribution in [3.8, 4) is 5.75 Å². The third kappa shape index (κ3) is 3.37. The summed E-state index contributed by atoms with van der Waals surface area (Å²) in [7, 11) is 3.46. The first kappa shape index (κ1) is 15.6. The fourth-order valence-corrected chi connectivity index (χ4v) is 2.84. The number of fused-ring (bicyclic) bond motifs is 1. The summed E-state index contributed by atoms with van der Waals surface area (Å²) in [5.74, 6) is 0.759. The average Bonchev–Trinajstić information content (AvgIpc) is 3.00. The Bertz CT molecular complexity index is 696. The van der Waals surface area contributed by atoms with E-state index in [1.54, 1.807) is 24.1 Å². The van der Waals surface area contributed by atoms with Crippen molar-refractivity contribution in [2.24, 2.45) is 7.05 Å². The van der Waals surface area contributed by atoms with Gasteiger partial charge in [0.15, 0.2) is 0 Å². The van der Waals surface area contributed by atoms with Crippen LogP contribution in [0.2, 0.25) is 0 Å². The van der Waals surface area contributed by atoms with Crippen LogP contribution < -0.4 is 10.1 Å². The Balaban J connectivity index is 1.78. The van der Waals surface area contributed by atoms with Crippen molar-refractivity contribution in [2.45, 2.75) is 18.9 Å². The van der Waals surface area contributed by atoms with E-state index >= 15 is 0 Å². The van der Waals surface area contributed by atoms with Gasteiger partial charge in [-0.1, -0.05) is 0 Å². The fraction of sp³-hybridized carbons (Fsp3) is 0.412. The molecular formula is C17H21N3O3. The van der Waals surface area contributed by atoms with Gasteiger partial charge in [0.2, 0.25) is 0 Å². The number of nitrogens with one attached hydrogen (secondary N) is 1. The highest BCUT2D eigenvalue weighted by Gasteiger charge is 2.20. The number of hydrogen-bond acceptors (Lipinski definition) is 4. The van der Waals surface area contributed by atoms with Crippen LogP contribution in [0, 0.1) is 0 Å². The second-order valence-electron chi connectivity index (χ2n) is 5.64. The fourth-order valence-electron chi connectivity index (χ4n) is 2.84. The molecular weight excluding hydrogens is 294 g/mol. The van der Waals surface area contributed by atoms with Gasteiger partial charge in [-0.3, -0.25) is 9.48 Å². The third-order valence-electron chi connectivity index (χ3n) is 4.03. The number of hydrogen-bond donors (Lipinski definition) is 1. The first-order valence-corrected chi connectivity index (χ1v) is 7.72. The second-order valence-corrected chi connectivity index (χ2v) is 5.64. The molecule has 1 aromatic heterocycles. The molecule has 1 amide bonds. The number of carbonyl (C=O) groups excluding carboxylic acids is 1. The summed E-state index contributed by atoms with van der Waals surface area (Å²) in [4.78, 5) is 12.6. The Morgan fingerprint density at radius 3 is 3.09 bits per heavy atom. The van der Waals surface area contributed by atoms with Gasteiger partial charge in [0.1, 0.15) is 5.75 Å². The van der Waals surface area contributed by atoms with E-state index in [0.29, 0.717) is 12.2 Å². The van der Waals surface area contributed by atoms with E-state index in [1.165, 1.54) is 0 Å². The van der Waals surface area contributed by atoms with Crippen LogP contribution >= 0.6 is 0 Å². The highest BCUT2D eigenvalue weighted by Crippen LogP contribution is 2.25. The first-order valence-electron chi connectivity index (χ1n) is 7.72. The molecule has 0 aliphatic carbocycles. The van der Waals surface area contributed by atoms with Crippen LogP contribution in [0.5, 0.6) is 5.75 Å². The highest BCUT2D eigenvalue weighted by atomic mass is 16.5. The zero-order chi connectivity index (χ0) is 16.2. The Morgan fingerprint density at radius 1 is 1.48 bits per heavy atom. The van der Waals surface area contributed by atoms with E-state index in [4.69, 9.17) is 9.47 Å². The van der Waals surface area contributed by atoms with E-state index in [2.05, 4.69) is 10.4 Å². The van der Waals surface area contributed by atoms with E-state index in [0.717, 1.165) is 36.5 Å². The number of aromatic nitrogens is 2. The van der Waals surface area contributed by atoms with Gasteiger partial charge in [-0.2, -0.15) is 5.10 Å². The normalized spacial score (nSPS) is 14.7. The molecule has 1 aliphatic heterocycles. The van der Waals surface area contributed by atoms with Gasteiger partial charge in [0.05, 0.1) is 24.9 Å². The number of ether oxygens (including phenoxy) is 2. The molecule has 23 heavy (non-hydrogen) atoms. The predicted octanol–water partition coefficient (Wildman–Crippen LogP) is 1.86. The standard InChI is InChI=1S/C17H21N3O3/c1-20-15(7-8-18-20)14(11-22-2)19-17(21)13-5-6-16-12(10-13)4-3-9-23-16/h5-8,10,14H,3-4,9,11H2,1-2H3,(H,19,21). The van der Waals surface area contributed by atoms with Crippen LogP contribution in [0.3, 0.4) is 0 Å². The van der Waals surface area contributed by atoms with Crippen LogP contribution in [-0.4, -0.2) is 36.0 Å². The molecule has 0 fully saturated rings. The molecule has 0 spiro atoms. The molecule has 2 heterocycles. The molecule has 1 unspecified atom stereocenters. The molecule has 3 rings (SSSR count). The SMILES string of the molecule is COCC(NC(=O)c1ccc2c(c1)CCCO2)c1ccnn1C. The van der Waals surface area contributed by atoms with Crippen molar-refractivity contribution in [1.82, 2.24) is 15.1 Å². The van der Waals surface area contributed by atoms with E-state index in [1.807, 2.05) is 25.2 Å². The van der Waals surface area contributed by atoms with E-state index in [9.17, 15) is 4.79 Å². The predicted molar refractivity (Wildman–Crippen MR) is 85.5 cm³/mol. The number of nitrogens with zero attached hydrogens (tertiary/aromatic N) is 2. The smallest absolute Gasteiger partial charge is 0.251 e. The van der Waals surface area contributed by atoms with Crippen molar-refractivity contribution >= 4 is 5.91 Å². The van der Waals surface area contributed by atoms with E-state index in [-0.39, 0.29) is 11.9 Å². The van der Waals surface area contributed by atoms with Crippen LogP contribution in [0.25, 0.3) is 0 Å². The molecule has 2 aromatic rings. The van der Waals surface area contributed by atoms with Crippen molar-refractivity contribution < 1.29 is 14.3 Å². The van der Waals surface area contributed by atoms with Gasteiger partial charge in [0.25, 0.3) is 5.91 Å². The minimum Gasteiger partial charge on any atom is -0.493 e. The maximum Gasteiger partial charge on any atom is 0.251 e. The van der Waals surface area contributed by atoms with Gasteiger partial charge in [0, 0.05) is 25.9 Å². The van der Waals surface area contributed by atoms with Gasteiger partial charge in [-0.05, 0) is 42.7 Å². The van der Waals surface area contributed by atoms with Crippen LogP contribution in [0.15, 0.2) is 30.5 Å². The lowest BCUT2D eigenvalue weighted by atomic mass is 10.0. The average molecular weight is 315 g/mol. The third-order valence-corrected chi connectivity index (χ3v) is 4.03. The molecule has 1 N–H and O–H groups in total. The monoisotopic (exact) mass is 315 g/mol. The lowest BCUT2D eigenvalue weighted by Gasteiger charge is -2.20. The summed E-state index contributed by atoms with van der Waals surface area (Å²) < 4.78 is 12.6. The molecule has 1 atom stereocenters. The Hall–Kier alpha value is -2.34. The minimum atomic E-state index is -0.243. The largest absolute Gasteiger partial charge is 0.493 e. The van der Waals surface area contributed by atoms with Crippen molar-refractivity contribution in [2.75, 3.05) is 20.3 Å². The van der Waals surface area contributed by atoms with Crippen molar-refractivity contribution in [1.29, 1.82) is 0 Å². The summed E-state index contributed by atoms with van der Waals surface area (Å²) in [6, 6.07) is 7.22. The summed E-state index contributed by atoms with van der Waals surface area (Å²) in [5.41, 5.74) is 2.63. The number of carbonyl (C=O) groups is 1. The molecule has 1 aliphatic rings. The maximum atomic E-state index is 12.6. The van der Waals surface area contributed by atoms with Crippen molar-refractivity contribution in [3.63, 3.8) is 0 Å². The van der Waals surface area contributed by atoms with Crippen molar-refractivity contribution in [3.05, 3.63) is 47.3 Å². The molecule has 0 saturated carbocycles. The van der Waals surface area contributed by atoms with E-state index < -0.39 is 0 Å². The van der Waals surface area contributed by atoms with Crippen LogP contribution in [0.1, 0.15) is 34.1 Å². The zero-order valence-corrected chi connectivity index (χ0v) is 13.4. The quantitative estimate of drug-likeness (QED) is 0.915. The van der Waals surface area contributed by atoms with Crippen LogP contribution in [-0.2, 0) is 18.2 Å².